The zero-order chi connectivity index (χ0) is 8.27. The lowest BCUT2D eigenvalue weighted by Gasteiger charge is -2.02. The number of nitrogens with zero attached hydrogens (tertiary/aromatic N) is 1. The summed E-state index contributed by atoms with van der Waals surface area (Å²) >= 11 is 0. The number of carbonyl (C=O) groups excluding carboxylic acids is 1. The van der Waals surface area contributed by atoms with Crippen LogP contribution in [0.15, 0.2) is 17.0 Å². The first kappa shape index (κ1) is 7.78. The third-order valence-corrected chi connectivity index (χ3v) is 1.22. The van der Waals surface area contributed by atoms with Crippen molar-refractivity contribution in [1.82, 2.24) is 5.16 Å². The third kappa shape index (κ3) is 2.07. The van der Waals surface area contributed by atoms with Gasteiger partial charge in [0, 0.05) is 5.92 Å². The van der Waals surface area contributed by atoms with E-state index in [2.05, 4.69) is 15.0 Å². The number of nitrogens with one attached hydrogen (secondary N) is 1. The molecule has 1 N–H and O–H groups in total. The molecule has 0 saturated carbocycles. The van der Waals surface area contributed by atoms with Crippen LogP contribution in [0.5, 0.6) is 0 Å². The molecular weight excluding hydrogens is 144 g/mol. The van der Waals surface area contributed by atoms with Crippen LogP contribution in [0.2, 0.25) is 0 Å². The molecule has 0 fully saturated rings. The fourth-order valence-electron chi connectivity index (χ4n) is 0.553. The van der Waals surface area contributed by atoms with E-state index in [9.17, 15) is 4.79 Å². The molecule has 1 aromatic rings. The summed E-state index contributed by atoms with van der Waals surface area (Å²) in [4.78, 5) is 11.0. The Morgan fingerprint density at radius 1 is 1.73 bits per heavy atom. The Morgan fingerprint density at radius 2 is 2.45 bits per heavy atom. The average Bonchev–Trinajstić information content (AvgIpc) is 2.39. The molecule has 1 rings (SSSR count). The van der Waals surface area contributed by atoms with Gasteiger partial charge < -0.3 is 9.84 Å². The lowest BCUT2D eigenvalue weighted by Crippen LogP contribution is -2.17. The summed E-state index contributed by atoms with van der Waals surface area (Å²) in [7, 11) is 0. The van der Waals surface area contributed by atoms with Crippen molar-refractivity contribution in [3.8, 4) is 0 Å². The molecule has 0 unspecified atom stereocenters. The molecule has 4 heteroatoms. The number of anilines is 1. The molecule has 4 nitrogen and oxygen atoms in total. The first-order valence-electron chi connectivity index (χ1n) is 3.40. The summed E-state index contributed by atoms with van der Waals surface area (Å²) in [5.41, 5.74) is 0.601. The van der Waals surface area contributed by atoms with Crippen molar-refractivity contribution in [3.05, 3.63) is 12.5 Å². The number of carbonyl (C=O) groups is 1. The van der Waals surface area contributed by atoms with Crippen molar-refractivity contribution in [2.24, 2.45) is 5.92 Å². The third-order valence-electron chi connectivity index (χ3n) is 1.22. The Balaban J connectivity index is 2.50. The fraction of sp³-hybridized carbons (Fsp3) is 0.429. The maximum absolute atomic E-state index is 11.0. The number of hydrogen-bond acceptors (Lipinski definition) is 3. The van der Waals surface area contributed by atoms with Gasteiger partial charge in [0.15, 0.2) is 0 Å². The second kappa shape index (κ2) is 3.18. The van der Waals surface area contributed by atoms with E-state index < -0.39 is 0 Å². The van der Waals surface area contributed by atoms with Gasteiger partial charge in [-0.2, -0.15) is 0 Å². The van der Waals surface area contributed by atoms with Gasteiger partial charge in [-0.1, -0.05) is 19.0 Å². The van der Waals surface area contributed by atoms with Crippen LogP contribution in [0.1, 0.15) is 13.8 Å². The van der Waals surface area contributed by atoms with Crippen molar-refractivity contribution in [3.63, 3.8) is 0 Å². The lowest BCUT2D eigenvalue weighted by atomic mass is 10.2. The van der Waals surface area contributed by atoms with E-state index in [0.717, 1.165) is 0 Å². The largest absolute Gasteiger partial charge is 0.363 e. The summed E-state index contributed by atoms with van der Waals surface area (Å²) < 4.78 is 4.53. The first-order valence-corrected chi connectivity index (χ1v) is 3.40. The van der Waals surface area contributed by atoms with Crippen LogP contribution >= 0.6 is 0 Å². The van der Waals surface area contributed by atoms with Gasteiger partial charge in [0.1, 0.15) is 12.0 Å². The van der Waals surface area contributed by atoms with E-state index in [0.29, 0.717) is 5.69 Å². The Morgan fingerprint density at radius 3 is 2.91 bits per heavy atom. The molecule has 0 spiro atoms. The Bertz CT molecular complexity index is 229. The number of aromatic nitrogens is 1. The Labute approximate surface area is 64.6 Å². The summed E-state index contributed by atoms with van der Waals surface area (Å²) in [5, 5.41) is 6.07. The van der Waals surface area contributed by atoms with Crippen molar-refractivity contribution < 1.29 is 9.32 Å². The minimum absolute atomic E-state index is 0.0232. The molecule has 0 bridgehead atoms. The smallest absolute Gasteiger partial charge is 0.227 e. The van der Waals surface area contributed by atoms with Gasteiger partial charge in [0.2, 0.25) is 5.91 Å². The maximum Gasteiger partial charge on any atom is 0.227 e. The summed E-state index contributed by atoms with van der Waals surface area (Å²) in [6.45, 7) is 3.64. The van der Waals surface area contributed by atoms with Crippen LogP contribution in [0.25, 0.3) is 0 Å². The maximum atomic E-state index is 11.0. The first-order chi connectivity index (χ1) is 5.20. The van der Waals surface area contributed by atoms with E-state index in [1.165, 1.54) is 12.5 Å². The summed E-state index contributed by atoms with van der Waals surface area (Å²) in [5.74, 6) is -0.0573. The second-order valence-electron chi connectivity index (χ2n) is 2.56. The summed E-state index contributed by atoms with van der Waals surface area (Å²) in [6, 6.07) is 0. The number of amides is 1. The van der Waals surface area contributed by atoms with Crippen LogP contribution in [0.4, 0.5) is 5.69 Å². The highest BCUT2D eigenvalue weighted by atomic mass is 16.5. The molecule has 11 heavy (non-hydrogen) atoms. The zero-order valence-corrected chi connectivity index (χ0v) is 6.50. The highest BCUT2D eigenvalue weighted by Gasteiger charge is 2.07. The van der Waals surface area contributed by atoms with Gasteiger partial charge in [0.25, 0.3) is 0 Å². The monoisotopic (exact) mass is 154 g/mol. The molecule has 0 saturated heterocycles. The van der Waals surface area contributed by atoms with Crippen LogP contribution in [0.3, 0.4) is 0 Å². The highest BCUT2D eigenvalue weighted by molar-refractivity contribution is 5.91. The number of hydrogen-bond donors (Lipinski definition) is 1. The van der Waals surface area contributed by atoms with Gasteiger partial charge in [0.05, 0.1) is 6.20 Å². The van der Waals surface area contributed by atoms with Crippen LogP contribution in [-0.2, 0) is 4.79 Å². The highest BCUT2D eigenvalue weighted by Crippen LogP contribution is 2.05. The molecule has 1 aromatic heterocycles. The van der Waals surface area contributed by atoms with E-state index in [1.54, 1.807) is 0 Å². The van der Waals surface area contributed by atoms with E-state index in [-0.39, 0.29) is 11.8 Å². The Hall–Kier alpha value is -1.32. The average molecular weight is 154 g/mol. The van der Waals surface area contributed by atoms with Crippen LogP contribution in [0, 0.1) is 5.92 Å². The standard InChI is InChI=1S/C7H10N2O2/c1-5(2)7(10)9-6-3-8-11-4-6/h3-5H,1-2H3,(H,9,10). The normalized spacial score (nSPS) is 10.1. The second-order valence-corrected chi connectivity index (χ2v) is 2.56. The minimum atomic E-state index is -0.0341. The van der Waals surface area contributed by atoms with Crippen molar-refractivity contribution in [1.29, 1.82) is 0 Å². The molecule has 1 amide bonds. The van der Waals surface area contributed by atoms with Crippen molar-refractivity contribution in [2.45, 2.75) is 13.8 Å². The molecule has 0 aromatic carbocycles. The van der Waals surface area contributed by atoms with E-state index in [4.69, 9.17) is 0 Å². The van der Waals surface area contributed by atoms with E-state index in [1.807, 2.05) is 13.8 Å². The molecule has 0 aliphatic heterocycles. The molecule has 0 radical (unpaired) electrons. The van der Waals surface area contributed by atoms with Gasteiger partial charge in [-0.25, -0.2) is 0 Å². The van der Waals surface area contributed by atoms with Crippen LogP contribution < -0.4 is 5.32 Å². The molecule has 1 heterocycles. The number of rotatable bonds is 2. The SMILES string of the molecule is CC(C)C(=O)Nc1cnoc1. The van der Waals surface area contributed by atoms with Gasteiger partial charge in [-0.15, -0.1) is 0 Å². The van der Waals surface area contributed by atoms with Gasteiger partial charge in [-0.3, -0.25) is 4.79 Å². The molecule has 0 aliphatic rings. The zero-order valence-electron chi connectivity index (χ0n) is 6.50. The van der Waals surface area contributed by atoms with Crippen LogP contribution in [-0.4, -0.2) is 11.1 Å². The quantitative estimate of drug-likeness (QED) is 0.697. The van der Waals surface area contributed by atoms with Crippen molar-refractivity contribution >= 4 is 11.6 Å². The molecule has 60 valence electrons. The lowest BCUT2D eigenvalue weighted by molar-refractivity contribution is -0.118. The molecule has 0 atom stereocenters. The Kier molecular flexibility index (Phi) is 2.25. The fourth-order valence-corrected chi connectivity index (χ4v) is 0.553. The predicted octanol–water partition coefficient (Wildman–Crippen LogP) is 1.27. The van der Waals surface area contributed by atoms with Gasteiger partial charge >= 0.3 is 0 Å². The van der Waals surface area contributed by atoms with E-state index >= 15 is 0 Å². The predicted molar refractivity (Wildman–Crippen MR) is 40.0 cm³/mol. The minimum Gasteiger partial charge on any atom is -0.363 e. The summed E-state index contributed by atoms with van der Waals surface area (Å²) in [6.07, 6.45) is 2.85. The topological polar surface area (TPSA) is 55.1 Å². The molecular formula is C7H10N2O2. The van der Waals surface area contributed by atoms with Gasteiger partial charge in [-0.05, 0) is 0 Å². The molecule has 0 aliphatic carbocycles. The van der Waals surface area contributed by atoms with Crippen molar-refractivity contribution in [2.75, 3.05) is 5.32 Å².